The Morgan fingerprint density at radius 2 is 1.88 bits per heavy atom. The number of ether oxygens (including phenoxy) is 1. The van der Waals surface area contributed by atoms with Crippen LogP contribution < -0.4 is 5.69 Å². The first-order chi connectivity index (χ1) is 15.8. The van der Waals surface area contributed by atoms with Gasteiger partial charge in [0, 0.05) is 29.5 Å². The second kappa shape index (κ2) is 9.16. The molecule has 0 amide bonds. The monoisotopic (exact) mass is 475 g/mol. The van der Waals surface area contributed by atoms with Gasteiger partial charge in [0.1, 0.15) is 5.69 Å². The maximum absolute atomic E-state index is 12.9. The molecule has 0 aliphatic rings. The fraction of sp³-hybridized carbons (Fsp3) is 0.182. The standard InChI is InChI=1S/C22H17ClF3N5O2/c1-33-10-2-3-16-12-28-31-20(19(16)15-5-7-17(23)8-6-15)29-30(21(31)32)13-14-4-9-18(27-11-14)22(24,25)26/h2-9,11-12H,10,13H2,1H3/b3-2+. The first-order valence-corrected chi connectivity index (χ1v) is 10.1. The summed E-state index contributed by atoms with van der Waals surface area (Å²) in [6.07, 6.45) is 1.68. The molecule has 33 heavy (non-hydrogen) atoms. The van der Waals surface area contributed by atoms with E-state index in [-0.39, 0.29) is 6.54 Å². The van der Waals surface area contributed by atoms with Crippen molar-refractivity contribution in [3.8, 4) is 11.1 Å². The molecule has 0 fully saturated rings. The number of hydrogen-bond donors (Lipinski definition) is 0. The van der Waals surface area contributed by atoms with Crippen LogP contribution in [0, 0.1) is 0 Å². The zero-order valence-corrected chi connectivity index (χ0v) is 18.0. The van der Waals surface area contributed by atoms with E-state index in [9.17, 15) is 18.0 Å². The van der Waals surface area contributed by atoms with Crippen molar-refractivity contribution >= 4 is 23.3 Å². The van der Waals surface area contributed by atoms with Gasteiger partial charge in [0.15, 0.2) is 5.65 Å². The molecule has 0 radical (unpaired) electrons. The number of nitrogens with zero attached hydrogens (tertiary/aromatic N) is 5. The highest BCUT2D eigenvalue weighted by Crippen LogP contribution is 2.29. The number of rotatable bonds is 6. The highest BCUT2D eigenvalue weighted by atomic mass is 35.5. The van der Waals surface area contributed by atoms with Crippen LogP contribution in [-0.2, 0) is 17.5 Å². The Balaban J connectivity index is 1.80. The molecule has 3 heterocycles. The molecule has 0 bridgehead atoms. The van der Waals surface area contributed by atoms with Gasteiger partial charge in [0.05, 0.1) is 19.3 Å². The highest BCUT2D eigenvalue weighted by Gasteiger charge is 2.32. The van der Waals surface area contributed by atoms with Gasteiger partial charge in [-0.2, -0.15) is 22.8 Å². The van der Waals surface area contributed by atoms with Crippen LogP contribution >= 0.6 is 11.6 Å². The van der Waals surface area contributed by atoms with E-state index in [2.05, 4.69) is 15.2 Å². The summed E-state index contributed by atoms with van der Waals surface area (Å²) in [5.41, 5.74) is 1.26. The predicted molar refractivity (Wildman–Crippen MR) is 117 cm³/mol. The zero-order valence-electron chi connectivity index (χ0n) is 17.3. The fourth-order valence-corrected chi connectivity index (χ4v) is 3.37. The van der Waals surface area contributed by atoms with Crippen molar-refractivity contribution in [3.05, 3.63) is 87.2 Å². The Bertz CT molecular complexity index is 1360. The quantitative estimate of drug-likeness (QED) is 0.415. The van der Waals surface area contributed by atoms with Crippen molar-refractivity contribution in [2.75, 3.05) is 13.7 Å². The number of pyridine rings is 1. The van der Waals surface area contributed by atoms with Crippen LogP contribution in [0.1, 0.15) is 16.8 Å². The topological polar surface area (TPSA) is 74.3 Å². The normalized spacial score (nSPS) is 12.2. The number of methoxy groups -OCH3 is 1. The van der Waals surface area contributed by atoms with E-state index < -0.39 is 17.6 Å². The number of halogens is 4. The number of hydrogen-bond acceptors (Lipinski definition) is 5. The molecule has 4 aromatic rings. The molecule has 1 aromatic carbocycles. The summed E-state index contributed by atoms with van der Waals surface area (Å²) in [4.78, 5) is 16.3. The molecule has 0 aliphatic carbocycles. The lowest BCUT2D eigenvalue weighted by Gasteiger charge is -2.07. The van der Waals surface area contributed by atoms with Crippen LogP contribution in [0.5, 0.6) is 0 Å². The molecular weight excluding hydrogens is 459 g/mol. The lowest BCUT2D eigenvalue weighted by Crippen LogP contribution is -2.23. The van der Waals surface area contributed by atoms with E-state index in [1.165, 1.54) is 12.3 Å². The molecule has 7 nitrogen and oxygen atoms in total. The molecule has 0 N–H and O–H groups in total. The highest BCUT2D eigenvalue weighted by molar-refractivity contribution is 6.30. The van der Waals surface area contributed by atoms with Gasteiger partial charge in [-0.15, -0.1) is 5.10 Å². The summed E-state index contributed by atoms with van der Waals surface area (Å²) in [5.74, 6) is 0. The van der Waals surface area contributed by atoms with Crippen molar-refractivity contribution in [2.45, 2.75) is 12.7 Å². The molecule has 0 atom stereocenters. The lowest BCUT2D eigenvalue weighted by atomic mass is 10.0. The maximum Gasteiger partial charge on any atom is 0.433 e. The molecule has 0 saturated carbocycles. The lowest BCUT2D eigenvalue weighted by molar-refractivity contribution is -0.141. The van der Waals surface area contributed by atoms with Gasteiger partial charge in [-0.05, 0) is 29.3 Å². The molecule has 4 rings (SSSR count). The fourth-order valence-electron chi connectivity index (χ4n) is 3.24. The average Bonchev–Trinajstić information content (AvgIpc) is 3.09. The predicted octanol–water partition coefficient (Wildman–Crippen LogP) is 4.33. The average molecular weight is 476 g/mol. The summed E-state index contributed by atoms with van der Waals surface area (Å²) < 4.78 is 45.6. The van der Waals surface area contributed by atoms with E-state index >= 15 is 0 Å². The smallest absolute Gasteiger partial charge is 0.381 e. The Kier molecular flexibility index (Phi) is 6.30. The molecule has 0 spiro atoms. The van der Waals surface area contributed by atoms with Gasteiger partial charge in [-0.1, -0.05) is 42.0 Å². The molecule has 170 valence electrons. The van der Waals surface area contributed by atoms with E-state index in [4.69, 9.17) is 16.3 Å². The largest absolute Gasteiger partial charge is 0.433 e. The van der Waals surface area contributed by atoms with Crippen molar-refractivity contribution in [2.24, 2.45) is 0 Å². The van der Waals surface area contributed by atoms with Gasteiger partial charge < -0.3 is 4.74 Å². The summed E-state index contributed by atoms with van der Waals surface area (Å²) in [6, 6.07) is 9.17. The van der Waals surface area contributed by atoms with Crippen molar-refractivity contribution in [3.63, 3.8) is 0 Å². The Morgan fingerprint density at radius 3 is 2.52 bits per heavy atom. The molecule has 0 unspecified atom stereocenters. The minimum atomic E-state index is -4.54. The van der Waals surface area contributed by atoms with Gasteiger partial charge in [0.25, 0.3) is 0 Å². The summed E-state index contributed by atoms with van der Waals surface area (Å²) in [6.45, 7) is 0.315. The van der Waals surface area contributed by atoms with Crippen LogP contribution in [0.2, 0.25) is 5.02 Å². The summed E-state index contributed by atoms with van der Waals surface area (Å²) >= 11 is 6.02. The number of fused-ring (bicyclic) bond motifs is 1. The number of benzene rings is 1. The van der Waals surface area contributed by atoms with Crippen LogP contribution in [0.25, 0.3) is 22.9 Å². The van der Waals surface area contributed by atoms with Crippen LogP contribution in [0.15, 0.2) is 59.7 Å². The van der Waals surface area contributed by atoms with Gasteiger partial charge in [-0.3, -0.25) is 4.98 Å². The molecule has 3 aromatic heterocycles. The van der Waals surface area contributed by atoms with Gasteiger partial charge in [-0.25, -0.2) is 9.48 Å². The van der Waals surface area contributed by atoms with Crippen LogP contribution in [0.4, 0.5) is 13.2 Å². The molecule has 0 aliphatic heterocycles. The SMILES string of the molecule is COC/C=C/c1cnn2c(=O)n(Cc3ccc(C(F)(F)F)nc3)nc2c1-c1ccc(Cl)cc1. The molecule has 11 heteroatoms. The number of aromatic nitrogens is 5. The Morgan fingerprint density at radius 1 is 1.12 bits per heavy atom. The number of alkyl halides is 3. The summed E-state index contributed by atoms with van der Waals surface area (Å²) in [7, 11) is 1.57. The third-order valence-corrected chi connectivity index (χ3v) is 5.04. The Labute approximate surface area is 190 Å². The van der Waals surface area contributed by atoms with E-state index in [0.717, 1.165) is 27.0 Å². The minimum Gasteiger partial charge on any atom is -0.381 e. The zero-order chi connectivity index (χ0) is 23.6. The van der Waals surface area contributed by atoms with Crippen molar-refractivity contribution < 1.29 is 17.9 Å². The van der Waals surface area contributed by atoms with Gasteiger partial charge in [0.2, 0.25) is 0 Å². The van der Waals surface area contributed by atoms with Crippen LogP contribution in [0.3, 0.4) is 0 Å². The van der Waals surface area contributed by atoms with Crippen molar-refractivity contribution in [1.29, 1.82) is 0 Å². The van der Waals surface area contributed by atoms with E-state index in [1.54, 1.807) is 37.5 Å². The minimum absolute atomic E-state index is 0.0672. The van der Waals surface area contributed by atoms with Gasteiger partial charge >= 0.3 is 11.9 Å². The third-order valence-electron chi connectivity index (χ3n) is 4.78. The third kappa shape index (κ3) is 4.81. The Hall–Kier alpha value is -3.50. The summed E-state index contributed by atoms with van der Waals surface area (Å²) in [5, 5.41) is 9.19. The maximum atomic E-state index is 12.9. The second-order valence-electron chi connectivity index (χ2n) is 7.06. The first-order valence-electron chi connectivity index (χ1n) is 9.70. The molecular formula is C22H17ClF3N5O2. The van der Waals surface area contributed by atoms with Crippen LogP contribution in [-0.4, -0.2) is 38.1 Å². The van der Waals surface area contributed by atoms with E-state index in [0.29, 0.717) is 34.0 Å². The first kappa shape index (κ1) is 22.7. The van der Waals surface area contributed by atoms with Crippen molar-refractivity contribution in [1.82, 2.24) is 24.4 Å². The van der Waals surface area contributed by atoms with E-state index in [1.807, 2.05) is 6.08 Å². The second-order valence-corrected chi connectivity index (χ2v) is 7.50. The molecule has 0 saturated heterocycles.